The molecule has 0 unspecified atom stereocenters. The Morgan fingerprint density at radius 1 is 0.895 bits per heavy atom. The van der Waals surface area contributed by atoms with Crippen LogP contribution in [0.15, 0.2) is 47.4 Å². The van der Waals surface area contributed by atoms with Gasteiger partial charge in [0.1, 0.15) is 12.3 Å². The summed E-state index contributed by atoms with van der Waals surface area (Å²) in [4.78, 5) is 13.6. The van der Waals surface area contributed by atoms with Crippen molar-refractivity contribution in [1.29, 1.82) is 0 Å². The molecule has 0 amide bonds. The number of hydrogen-bond acceptors (Lipinski definition) is 6. The highest BCUT2D eigenvalue weighted by molar-refractivity contribution is 6.83. The SMILES string of the molecule is CC(C)[Si]1(C(C)C)OC[C@H]2O[C@@H](n3ccc(O)c([I+]c4ccccc4)c3=O)C[C@@H]2O[Si](C(C)C)(C(C)C)O1. The molecule has 38 heavy (non-hydrogen) atoms. The minimum Gasteiger partial charge on any atom is -0.504 e. The molecule has 2 fully saturated rings. The highest BCUT2D eigenvalue weighted by Crippen LogP contribution is 2.48. The summed E-state index contributed by atoms with van der Waals surface area (Å²) in [5.41, 5.74) is 0.781. The molecule has 3 atom stereocenters. The first-order valence-electron chi connectivity index (χ1n) is 13.7. The zero-order valence-electron chi connectivity index (χ0n) is 23.8. The van der Waals surface area contributed by atoms with Crippen LogP contribution in [0.4, 0.5) is 0 Å². The molecular formula is C28H43INO6Si2+. The van der Waals surface area contributed by atoms with Crippen molar-refractivity contribution in [2.45, 2.75) is 102 Å². The molecular weight excluding hydrogens is 629 g/mol. The number of ether oxygens (including phenoxy) is 1. The van der Waals surface area contributed by atoms with Gasteiger partial charge < -0.3 is 22.8 Å². The van der Waals surface area contributed by atoms with Crippen LogP contribution in [-0.2, 0) is 17.7 Å². The number of nitrogens with zero attached hydrogens (tertiary/aromatic N) is 1. The normalized spacial score (nSPS) is 25.1. The van der Waals surface area contributed by atoms with E-state index in [1.165, 1.54) is 0 Å². The molecule has 2 saturated heterocycles. The standard InChI is InChI=1S/C28H42INO6Si2/c1-18(2)37(19(3)4)33-17-25-24(35-38(36-37,20(5)6)21(7)8)16-26(34-25)30-15-14-23(31)27(28(30)32)29-22-12-10-9-11-13-22/h9-15,18-21,24-26H,16-17H2,1-8H3/p+1/t24-,25+,26+/m0/s1. The zero-order valence-corrected chi connectivity index (χ0v) is 28.0. The second kappa shape index (κ2) is 11.8. The lowest BCUT2D eigenvalue weighted by atomic mass is 10.2. The summed E-state index contributed by atoms with van der Waals surface area (Å²) in [5.74, 6) is 0.0515. The largest absolute Gasteiger partial charge is 0.504 e. The lowest BCUT2D eigenvalue weighted by Crippen LogP contribution is -3.62. The summed E-state index contributed by atoms with van der Waals surface area (Å²) >= 11 is -0.838. The predicted molar refractivity (Wildman–Crippen MR) is 149 cm³/mol. The van der Waals surface area contributed by atoms with Crippen LogP contribution < -0.4 is 26.8 Å². The smallest absolute Gasteiger partial charge is 0.368 e. The quantitative estimate of drug-likeness (QED) is 0.360. The fourth-order valence-corrected chi connectivity index (χ4v) is 19.3. The molecule has 1 N–H and O–H groups in total. The highest BCUT2D eigenvalue weighted by atomic mass is 127. The molecule has 4 rings (SSSR count). The van der Waals surface area contributed by atoms with Crippen molar-refractivity contribution in [3.8, 4) is 5.75 Å². The Bertz CT molecular complexity index is 1140. The molecule has 0 radical (unpaired) electrons. The van der Waals surface area contributed by atoms with Crippen LogP contribution in [0, 0.1) is 7.14 Å². The summed E-state index contributed by atoms with van der Waals surface area (Å²) in [6.07, 6.45) is 1.19. The Morgan fingerprint density at radius 2 is 1.50 bits per heavy atom. The van der Waals surface area contributed by atoms with Crippen LogP contribution in [0.25, 0.3) is 0 Å². The molecule has 0 saturated carbocycles. The number of halogens is 1. The molecule has 1 aromatic carbocycles. The first-order valence-corrected chi connectivity index (χ1v) is 19.8. The monoisotopic (exact) mass is 672 g/mol. The number of benzene rings is 1. The van der Waals surface area contributed by atoms with E-state index in [1.54, 1.807) is 16.8 Å². The molecule has 2 aliphatic rings. The Kier molecular flexibility index (Phi) is 9.33. The van der Waals surface area contributed by atoms with E-state index in [9.17, 15) is 9.90 Å². The molecule has 2 aromatic rings. The van der Waals surface area contributed by atoms with Gasteiger partial charge >= 0.3 is 47.5 Å². The lowest BCUT2D eigenvalue weighted by molar-refractivity contribution is -0.600. The number of aromatic nitrogens is 1. The van der Waals surface area contributed by atoms with Gasteiger partial charge in [0.15, 0.2) is 9.32 Å². The van der Waals surface area contributed by atoms with Crippen LogP contribution >= 0.6 is 0 Å². The lowest BCUT2D eigenvalue weighted by Gasteiger charge is -2.51. The van der Waals surface area contributed by atoms with Crippen LogP contribution in [0.5, 0.6) is 5.75 Å². The van der Waals surface area contributed by atoms with Crippen molar-refractivity contribution in [3.63, 3.8) is 0 Å². The molecule has 0 aliphatic carbocycles. The van der Waals surface area contributed by atoms with E-state index in [-0.39, 0.29) is 45.7 Å². The number of hydrogen-bond donors (Lipinski definition) is 1. The maximum atomic E-state index is 13.6. The summed E-state index contributed by atoms with van der Waals surface area (Å²) in [7, 11) is -5.40. The van der Waals surface area contributed by atoms with Crippen molar-refractivity contribution < 1.29 is 44.0 Å². The first kappa shape index (κ1) is 29.9. The number of aromatic hydroxyl groups is 1. The van der Waals surface area contributed by atoms with Gasteiger partial charge in [-0.15, -0.1) is 0 Å². The molecule has 0 spiro atoms. The van der Waals surface area contributed by atoms with Crippen LogP contribution in [0.3, 0.4) is 0 Å². The predicted octanol–water partition coefficient (Wildman–Crippen LogP) is 2.93. The first-order chi connectivity index (χ1) is 17.9. The molecule has 210 valence electrons. The van der Waals surface area contributed by atoms with Gasteiger partial charge in [-0.05, 0) is 34.3 Å². The second-order valence-electron chi connectivity index (χ2n) is 11.6. The van der Waals surface area contributed by atoms with Crippen molar-refractivity contribution in [2.75, 3.05) is 6.61 Å². The highest BCUT2D eigenvalue weighted by Gasteiger charge is 2.60. The Morgan fingerprint density at radius 3 is 2.08 bits per heavy atom. The van der Waals surface area contributed by atoms with E-state index >= 15 is 0 Å². The van der Waals surface area contributed by atoms with Gasteiger partial charge in [0.2, 0.25) is 0 Å². The average molecular weight is 673 g/mol. The van der Waals surface area contributed by atoms with Gasteiger partial charge in [-0.1, -0.05) is 73.6 Å². The van der Waals surface area contributed by atoms with Gasteiger partial charge in [0, 0.05) is 18.7 Å². The second-order valence-corrected chi connectivity index (χ2v) is 23.3. The maximum absolute atomic E-state index is 13.6. The Balaban J connectivity index is 1.69. The van der Waals surface area contributed by atoms with E-state index in [0.29, 0.717) is 16.6 Å². The van der Waals surface area contributed by atoms with Crippen LogP contribution in [-0.4, -0.2) is 45.6 Å². The van der Waals surface area contributed by atoms with Gasteiger partial charge in [-0.2, -0.15) is 0 Å². The van der Waals surface area contributed by atoms with Crippen molar-refractivity contribution >= 4 is 17.1 Å². The number of fused-ring (bicyclic) bond motifs is 1. The summed E-state index contributed by atoms with van der Waals surface area (Å²) in [5, 5.41) is 10.6. The molecule has 10 heteroatoms. The fraction of sp³-hybridized carbons (Fsp3) is 0.607. The van der Waals surface area contributed by atoms with Gasteiger partial charge in [-0.3, -0.25) is 9.36 Å². The van der Waals surface area contributed by atoms with E-state index in [0.717, 1.165) is 3.57 Å². The third kappa shape index (κ3) is 5.59. The van der Waals surface area contributed by atoms with Crippen molar-refractivity contribution in [2.24, 2.45) is 0 Å². The third-order valence-electron chi connectivity index (χ3n) is 7.81. The van der Waals surface area contributed by atoms with Gasteiger partial charge in [-0.25, -0.2) is 0 Å². The minimum atomic E-state index is -2.75. The van der Waals surface area contributed by atoms with E-state index in [1.807, 2.05) is 30.3 Å². The van der Waals surface area contributed by atoms with Crippen molar-refractivity contribution in [3.05, 3.63) is 60.1 Å². The van der Waals surface area contributed by atoms with E-state index < -0.39 is 44.6 Å². The summed E-state index contributed by atoms with van der Waals surface area (Å²) < 4.78 is 30.9. The third-order valence-corrected chi connectivity index (χ3v) is 21.0. The average Bonchev–Trinajstić information content (AvgIpc) is 3.23. The molecule has 0 bridgehead atoms. The van der Waals surface area contributed by atoms with E-state index in [2.05, 4.69) is 55.4 Å². The summed E-state index contributed by atoms with van der Waals surface area (Å²) in [6, 6.07) is 11.5. The van der Waals surface area contributed by atoms with E-state index in [4.69, 9.17) is 17.7 Å². The summed E-state index contributed by atoms with van der Waals surface area (Å²) in [6.45, 7) is 18.0. The Hall–Kier alpha value is -1.03. The minimum absolute atomic E-state index is 0.0515. The van der Waals surface area contributed by atoms with Crippen molar-refractivity contribution in [1.82, 2.24) is 4.57 Å². The van der Waals surface area contributed by atoms with Crippen LogP contribution in [0.1, 0.15) is 68.0 Å². The van der Waals surface area contributed by atoms with Gasteiger partial charge in [0.05, 0.1) is 12.7 Å². The van der Waals surface area contributed by atoms with Crippen LogP contribution in [0.2, 0.25) is 22.2 Å². The fourth-order valence-electron chi connectivity index (χ4n) is 5.72. The maximum Gasteiger partial charge on any atom is 0.368 e. The topological polar surface area (TPSA) is 79.2 Å². The molecule has 7 nitrogen and oxygen atoms in total. The molecule has 2 aliphatic heterocycles. The Labute approximate surface area is 239 Å². The van der Waals surface area contributed by atoms with Gasteiger partial charge in [0.25, 0.3) is 0 Å². The number of pyridine rings is 1. The number of rotatable bonds is 7. The zero-order chi connectivity index (χ0) is 27.8. The molecule has 3 heterocycles. The molecule has 1 aromatic heterocycles.